The van der Waals surface area contributed by atoms with Crippen LogP contribution in [-0.2, 0) is 15.5 Å². The van der Waals surface area contributed by atoms with Gasteiger partial charge in [-0.1, -0.05) is 10.7 Å². The first-order valence-corrected chi connectivity index (χ1v) is 6.06. The van der Waals surface area contributed by atoms with Gasteiger partial charge in [0.2, 0.25) is 0 Å². The minimum absolute atomic E-state index is 0.0292. The molecule has 0 aromatic carbocycles. The Morgan fingerprint density at radius 3 is 3.00 bits per heavy atom. The van der Waals surface area contributed by atoms with Gasteiger partial charge in [0.05, 0.1) is 5.08 Å². The highest BCUT2D eigenvalue weighted by Crippen LogP contribution is 2.15. The Morgan fingerprint density at radius 2 is 2.55 bits per heavy atom. The molecule has 1 heterocycles. The van der Waals surface area contributed by atoms with Crippen molar-refractivity contribution in [3.05, 3.63) is 0 Å². The highest BCUT2D eigenvalue weighted by molar-refractivity contribution is 8.14. The molecular formula is C6H11NO2S2. The van der Waals surface area contributed by atoms with E-state index in [-0.39, 0.29) is 10.7 Å². The second-order valence-corrected chi connectivity index (χ2v) is 5.62. The lowest BCUT2D eigenvalue weighted by molar-refractivity contribution is -0.137. The molecule has 1 unspecified atom stereocenters. The zero-order chi connectivity index (χ0) is 8.27. The maximum atomic E-state index is 10.4. The van der Waals surface area contributed by atoms with E-state index in [9.17, 15) is 4.79 Å². The van der Waals surface area contributed by atoms with Gasteiger partial charge in [0, 0.05) is 11.5 Å². The Balaban J connectivity index is 2.49. The third-order valence-electron chi connectivity index (χ3n) is 1.35. The van der Waals surface area contributed by atoms with Crippen molar-refractivity contribution >= 4 is 28.4 Å². The minimum Gasteiger partial charge on any atom is -0.480 e. The van der Waals surface area contributed by atoms with Gasteiger partial charge in [-0.15, -0.1) is 11.8 Å². The van der Waals surface area contributed by atoms with Gasteiger partial charge in [-0.25, -0.2) is 9.16 Å². The Bertz CT molecular complexity index is 185. The molecule has 0 aromatic heterocycles. The van der Waals surface area contributed by atoms with Crippen molar-refractivity contribution in [1.82, 2.24) is 0 Å². The van der Waals surface area contributed by atoms with E-state index in [0.29, 0.717) is 0 Å². The highest BCUT2D eigenvalue weighted by atomic mass is 32.2. The summed E-state index contributed by atoms with van der Waals surface area (Å²) in [6.45, 7) is 1.64. The van der Waals surface area contributed by atoms with E-state index in [0.717, 1.165) is 16.6 Å². The smallest absolute Gasteiger partial charge is 0.328 e. The van der Waals surface area contributed by atoms with Crippen LogP contribution < -0.4 is 0 Å². The third-order valence-corrected chi connectivity index (χ3v) is 5.14. The average Bonchev–Trinajstić information content (AvgIpc) is 2.39. The molecule has 0 radical (unpaired) electrons. The van der Waals surface area contributed by atoms with Gasteiger partial charge < -0.3 is 5.11 Å². The number of carboxylic acids is 1. The number of hydrogen-bond donors (Lipinski definition) is 1. The first-order valence-electron chi connectivity index (χ1n) is 3.39. The lowest BCUT2D eigenvalue weighted by Crippen LogP contribution is -2.14. The first kappa shape index (κ1) is 9.06. The monoisotopic (exact) mass is 193 g/mol. The summed E-state index contributed by atoms with van der Waals surface area (Å²) >= 11 is 1.86. The summed E-state index contributed by atoms with van der Waals surface area (Å²) in [4.78, 5) is 10.4. The topological polar surface area (TPSA) is 49.7 Å². The van der Waals surface area contributed by atoms with Gasteiger partial charge in [0.15, 0.2) is 6.04 Å². The predicted molar refractivity (Wildman–Crippen MR) is 49.1 cm³/mol. The van der Waals surface area contributed by atoms with Gasteiger partial charge in [0.25, 0.3) is 0 Å². The SMILES string of the molecule is C[C@H](N=S1CCSC1)C(=O)O. The second kappa shape index (κ2) is 4.11. The number of nitrogens with zero attached hydrogens (tertiary/aromatic N) is 1. The molecule has 1 aliphatic heterocycles. The molecule has 2 atom stereocenters. The van der Waals surface area contributed by atoms with Crippen molar-refractivity contribution in [3.8, 4) is 0 Å². The van der Waals surface area contributed by atoms with E-state index < -0.39 is 12.0 Å². The fourth-order valence-corrected chi connectivity index (χ4v) is 4.56. The van der Waals surface area contributed by atoms with Crippen molar-refractivity contribution in [1.29, 1.82) is 0 Å². The molecule has 1 aliphatic rings. The van der Waals surface area contributed by atoms with Crippen LogP contribution in [0.2, 0.25) is 0 Å². The quantitative estimate of drug-likeness (QED) is 0.711. The summed E-state index contributed by atoms with van der Waals surface area (Å²) in [5, 5.41) is 9.57. The molecule has 11 heavy (non-hydrogen) atoms. The van der Waals surface area contributed by atoms with E-state index in [2.05, 4.69) is 4.36 Å². The van der Waals surface area contributed by atoms with Crippen LogP contribution in [0.4, 0.5) is 0 Å². The van der Waals surface area contributed by atoms with Gasteiger partial charge in [-0.05, 0) is 6.92 Å². The number of carbonyl (C=O) groups is 1. The van der Waals surface area contributed by atoms with E-state index in [1.807, 2.05) is 11.8 Å². The van der Waals surface area contributed by atoms with Crippen LogP contribution in [0.5, 0.6) is 0 Å². The predicted octanol–water partition coefficient (Wildman–Crippen LogP) is 0.966. The molecule has 1 N–H and O–H groups in total. The van der Waals surface area contributed by atoms with E-state index in [1.165, 1.54) is 0 Å². The molecular weight excluding hydrogens is 182 g/mol. The second-order valence-electron chi connectivity index (χ2n) is 2.31. The summed E-state index contributed by atoms with van der Waals surface area (Å²) in [6, 6.07) is -0.517. The molecule has 5 heteroatoms. The van der Waals surface area contributed by atoms with Crippen molar-refractivity contribution in [2.24, 2.45) is 4.36 Å². The van der Waals surface area contributed by atoms with Crippen LogP contribution in [0, 0.1) is 0 Å². The maximum Gasteiger partial charge on any atom is 0.328 e. The van der Waals surface area contributed by atoms with E-state index >= 15 is 0 Å². The molecule has 1 rings (SSSR count). The fourth-order valence-electron chi connectivity index (χ4n) is 0.721. The van der Waals surface area contributed by atoms with Gasteiger partial charge in [-0.2, -0.15) is 0 Å². The maximum absolute atomic E-state index is 10.4. The van der Waals surface area contributed by atoms with Crippen molar-refractivity contribution in [3.63, 3.8) is 0 Å². The lowest BCUT2D eigenvalue weighted by atomic mass is 10.4. The summed E-state index contributed by atoms with van der Waals surface area (Å²) < 4.78 is 4.18. The van der Waals surface area contributed by atoms with E-state index in [4.69, 9.17) is 5.11 Å². The largest absolute Gasteiger partial charge is 0.480 e. The Kier molecular flexibility index (Phi) is 3.39. The highest BCUT2D eigenvalue weighted by Gasteiger charge is 2.12. The van der Waals surface area contributed by atoms with Crippen LogP contribution in [0.15, 0.2) is 4.36 Å². The van der Waals surface area contributed by atoms with Crippen molar-refractivity contribution in [2.75, 3.05) is 16.6 Å². The van der Waals surface area contributed by atoms with Gasteiger partial charge in [0.1, 0.15) is 0 Å². The molecule has 0 amide bonds. The first-order chi connectivity index (χ1) is 5.20. The number of carboxylic acid groups (broad SMARTS) is 1. The summed E-state index contributed by atoms with van der Waals surface area (Å²) in [5.74, 6) is 1.40. The molecule has 0 bridgehead atoms. The van der Waals surface area contributed by atoms with Gasteiger partial charge >= 0.3 is 5.97 Å². The molecule has 0 spiro atoms. The minimum atomic E-state index is -0.811. The number of hydrogen-bond acceptors (Lipinski definition) is 3. The summed E-state index contributed by atoms with van der Waals surface area (Å²) in [5.41, 5.74) is 0. The molecule has 3 nitrogen and oxygen atoms in total. The van der Waals surface area contributed by atoms with Gasteiger partial charge in [-0.3, -0.25) is 0 Å². The standard InChI is InChI=1S/C6H11NO2S2/c1-5(6(8)9)7-11-3-2-10-4-11/h5H,2-4H2,1H3,(H,8,9)/t5-,11?/m0/s1. The van der Waals surface area contributed by atoms with Crippen LogP contribution >= 0.6 is 11.8 Å². The molecule has 0 aliphatic carbocycles. The Morgan fingerprint density at radius 1 is 1.82 bits per heavy atom. The van der Waals surface area contributed by atoms with Crippen molar-refractivity contribution < 1.29 is 9.90 Å². The number of rotatable bonds is 2. The number of thioether (sulfide) groups is 1. The average molecular weight is 193 g/mol. The zero-order valence-corrected chi connectivity index (χ0v) is 7.95. The third kappa shape index (κ3) is 2.83. The molecule has 64 valence electrons. The fraction of sp³-hybridized carbons (Fsp3) is 0.833. The van der Waals surface area contributed by atoms with Crippen LogP contribution in [0.25, 0.3) is 0 Å². The van der Waals surface area contributed by atoms with Crippen LogP contribution in [-0.4, -0.2) is 33.7 Å². The Hall–Kier alpha value is -0.0300. The molecule has 0 aromatic rings. The normalized spacial score (nSPS) is 27.2. The van der Waals surface area contributed by atoms with Crippen molar-refractivity contribution in [2.45, 2.75) is 13.0 Å². The number of aliphatic carboxylic acids is 1. The van der Waals surface area contributed by atoms with E-state index in [1.54, 1.807) is 6.92 Å². The Labute approximate surface area is 72.7 Å². The summed E-state index contributed by atoms with van der Waals surface area (Å²) in [6.07, 6.45) is 0. The molecule has 1 fully saturated rings. The van der Waals surface area contributed by atoms with Crippen LogP contribution in [0.3, 0.4) is 0 Å². The van der Waals surface area contributed by atoms with Crippen LogP contribution in [0.1, 0.15) is 6.92 Å². The lowest BCUT2D eigenvalue weighted by Gasteiger charge is -2.00. The summed E-state index contributed by atoms with van der Waals surface area (Å²) in [7, 11) is 0.0292. The molecule has 0 saturated carbocycles. The molecule has 1 saturated heterocycles. The zero-order valence-electron chi connectivity index (χ0n) is 6.32.